The Labute approximate surface area is 166 Å². The molecule has 1 saturated heterocycles. The van der Waals surface area contributed by atoms with Crippen LogP contribution in [0.2, 0.25) is 0 Å². The van der Waals surface area contributed by atoms with Crippen LogP contribution in [0.25, 0.3) is 10.8 Å². The SMILES string of the molecule is O=C(Nc1ccsc1-c1nc(C2CC2)no1)c1ccc(N2CCOCC2)cc1. The maximum atomic E-state index is 12.7. The summed E-state index contributed by atoms with van der Waals surface area (Å²) in [5.74, 6) is 1.50. The molecule has 0 spiro atoms. The molecule has 0 radical (unpaired) electrons. The number of benzene rings is 1. The van der Waals surface area contributed by atoms with Crippen LogP contribution in [0.15, 0.2) is 40.2 Å². The van der Waals surface area contributed by atoms with E-state index in [1.807, 2.05) is 35.7 Å². The minimum Gasteiger partial charge on any atom is -0.378 e. The van der Waals surface area contributed by atoms with Gasteiger partial charge in [0.25, 0.3) is 11.8 Å². The largest absolute Gasteiger partial charge is 0.378 e. The van der Waals surface area contributed by atoms with Crippen LogP contribution in [0, 0.1) is 0 Å². The van der Waals surface area contributed by atoms with Crippen molar-refractivity contribution in [2.45, 2.75) is 18.8 Å². The summed E-state index contributed by atoms with van der Waals surface area (Å²) in [5, 5.41) is 8.94. The van der Waals surface area contributed by atoms with Crippen molar-refractivity contribution in [2.24, 2.45) is 0 Å². The molecule has 1 amide bonds. The predicted molar refractivity (Wildman–Crippen MR) is 107 cm³/mol. The van der Waals surface area contributed by atoms with Crippen LogP contribution in [-0.4, -0.2) is 42.4 Å². The van der Waals surface area contributed by atoms with Gasteiger partial charge in [-0.15, -0.1) is 11.3 Å². The summed E-state index contributed by atoms with van der Waals surface area (Å²) in [6.45, 7) is 3.22. The molecule has 1 aromatic carbocycles. The summed E-state index contributed by atoms with van der Waals surface area (Å²) >= 11 is 1.48. The standard InChI is InChI=1S/C20H20N4O3S/c25-19(14-3-5-15(6-4-14)24-8-10-26-11-9-24)21-16-7-12-28-17(16)20-22-18(23-27-20)13-1-2-13/h3-7,12-13H,1-2,8-11H2,(H,21,25). The zero-order valence-corrected chi connectivity index (χ0v) is 16.1. The highest BCUT2D eigenvalue weighted by atomic mass is 32.1. The van der Waals surface area contributed by atoms with E-state index in [2.05, 4.69) is 20.4 Å². The maximum absolute atomic E-state index is 12.7. The lowest BCUT2D eigenvalue weighted by molar-refractivity contribution is 0.102. The van der Waals surface area contributed by atoms with Crippen molar-refractivity contribution >= 4 is 28.6 Å². The van der Waals surface area contributed by atoms with Gasteiger partial charge in [-0.05, 0) is 48.6 Å². The van der Waals surface area contributed by atoms with Crippen molar-refractivity contribution in [1.29, 1.82) is 0 Å². The number of aromatic nitrogens is 2. The Morgan fingerprint density at radius 3 is 2.68 bits per heavy atom. The van der Waals surface area contributed by atoms with Gasteiger partial charge in [0.15, 0.2) is 5.82 Å². The Bertz CT molecular complexity index is 972. The molecule has 2 fully saturated rings. The van der Waals surface area contributed by atoms with Crippen LogP contribution in [0.3, 0.4) is 0 Å². The van der Waals surface area contributed by atoms with Gasteiger partial charge in [-0.3, -0.25) is 4.79 Å². The van der Waals surface area contributed by atoms with Gasteiger partial charge in [-0.1, -0.05) is 5.16 Å². The molecule has 0 bridgehead atoms. The van der Waals surface area contributed by atoms with Crippen molar-refractivity contribution in [1.82, 2.24) is 10.1 Å². The third kappa shape index (κ3) is 3.53. The molecular weight excluding hydrogens is 376 g/mol. The molecule has 144 valence electrons. The molecule has 1 N–H and O–H groups in total. The monoisotopic (exact) mass is 396 g/mol. The molecule has 28 heavy (non-hydrogen) atoms. The summed E-state index contributed by atoms with van der Waals surface area (Å²) in [4.78, 5) is 20.2. The predicted octanol–water partition coefficient (Wildman–Crippen LogP) is 3.76. The van der Waals surface area contributed by atoms with E-state index in [0.29, 0.717) is 23.1 Å². The number of ether oxygens (including phenoxy) is 1. The molecule has 0 unspecified atom stereocenters. The average molecular weight is 396 g/mol. The average Bonchev–Trinajstić information content (AvgIpc) is 3.30. The van der Waals surface area contributed by atoms with Gasteiger partial charge >= 0.3 is 0 Å². The number of thiophene rings is 1. The highest BCUT2D eigenvalue weighted by Gasteiger charge is 2.29. The minimum absolute atomic E-state index is 0.157. The van der Waals surface area contributed by atoms with Crippen LogP contribution in [0.4, 0.5) is 11.4 Å². The Kier molecular flexibility index (Phi) is 4.58. The third-order valence-corrected chi connectivity index (χ3v) is 5.90. The minimum atomic E-state index is -0.157. The first kappa shape index (κ1) is 17.4. The molecule has 5 rings (SSSR count). The van der Waals surface area contributed by atoms with E-state index in [4.69, 9.17) is 9.26 Å². The van der Waals surface area contributed by atoms with E-state index in [9.17, 15) is 4.79 Å². The first-order valence-corrected chi connectivity index (χ1v) is 10.3. The van der Waals surface area contributed by atoms with Gasteiger partial charge in [0, 0.05) is 30.3 Å². The summed E-state index contributed by atoms with van der Waals surface area (Å²) in [5.41, 5.74) is 2.41. The molecule has 2 aliphatic rings. The van der Waals surface area contributed by atoms with Gasteiger partial charge in [0.1, 0.15) is 4.88 Å². The van der Waals surface area contributed by atoms with E-state index < -0.39 is 0 Å². The number of nitrogens with zero attached hydrogens (tertiary/aromatic N) is 3. The molecule has 7 nitrogen and oxygen atoms in total. The van der Waals surface area contributed by atoms with Crippen molar-refractivity contribution < 1.29 is 14.1 Å². The van der Waals surface area contributed by atoms with Crippen molar-refractivity contribution in [2.75, 3.05) is 36.5 Å². The van der Waals surface area contributed by atoms with Crippen molar-refractivity contribution in [3.63, 3.8) is 0 Å². The molecule has 2 aromatic heterocycles. The second kappa shape index (κ2) is 7.37. The van der Waals surface area contributed by atoms with E-state index in [-0.39, 0.29) is 5.91 Å². The van der Waals surface area contributed by atoms with Gasteiger partial charge in [-0.2, -0.15) is 4.98 Å². The first-order chi connectivity index (χ1) is 13.8. The molecule has 1 aliphatic heterocycles. The highest BCUT2D eigenvalue weighted by molar-refractivity contribution is 7.14. The molecule has 1 aliphatic carbocycles. The summed E-state index contributed by atoms with van der Waals surface area (Å²) < 4.78 is 10.8. The lowest BCUT2D eigenvalue weighted by Crippen LogP contribution is -2.36. The van der Waals surface area contributed by atoms with E-state index in [1.165, 1.54) is 11.3 Å². The number of rotatable bonds is 5. The normalized spacial score (nSPS) is 16.9. The summed E-state index contributed by atoms with van der Waals surface area (Å²) in [6.07, 6.45) is 2.24. The quantitative estimate of drug-likeness (QED) is 0.707. The Balaban J connectivity index is 1.29. The Hall–Kier alpha value is -2.71. The Morgan fingerprint density at radius 1 is 1.14 bits per heavy atom. The number of amides is 1. The van der Waals surface area contributed by atoms with Crippen LogP contribution < -0.4 is 10.2 Å². The van der Waals surface area contributed by atoms with Gasteiger partial charge < -0.3 is 19.5 Å². The molecule has 1 saturated carbocycles. The van der Waals surface area contributed by atoms with Crippen LogP contribution in [-0.2, 0) is 4.74 Å². The smallest absolute Gasteiger partial charge is 0.270 e. The first-order valence-electron chi connectivity index (χ1n) is 9.43. The lowest BCUT2D eigenvalue weighted by atomic mass is 10.1. The summed E-state index contributed by atoms with van der Waals surface area (Å²) in [7, 11) is 0. The number of hydrogen-bond donors (Lipinski definition) is 1. The number of carbonyl (C=O) groups is 1. The lowest BCUT2D eigenvalue weighted by Gasteiger charge is -2.28. The summed E-state index contributed by atoms with van der Waals surface area (Å²) in [6, 6.07) is 9.53. The van der Waals surface area contributed by atoms with Gasteiger partial charge in [0.05, 0.1) is 18.9 Å². The van der Waals surface area contributed by atoms with E-state index >= 15 is 0 Å². The number of nitrogens with one attached hydrogen (secondary N) is 1. The van der Waals surface area contributed by atoms with Crippen LogP contribution in [0.1, 0.15) is 34.9 Å². The fourth-order valence-corrected chi connectivity index (χ4v) is 4.02. The van der Waals surface area contributed by atoms with Crippen molar-refractivity contribution in [3.8, 4) is 10.8 Å². The molecule has 3 aromatic rings. The molecular formula is C20H20N4O3S. The van der Waals surface area contributed by atoms with Gasteiger partial charge in [-0.25, -0.2) is 0 Å². The number of carbonyl (C=O) groups excluding carboxylic acids is 1. The number of morpholine rings is 1. The highest BCUT2D eigenvalue weighted by Crippen LogP contribution is 2.40. The zero-order chi connectivity index (χ0) is 18.9. The topological polar surface area (TPSA) is 80.5 Å². The van der Waals surface area contributed by atoms with Crippen molar-refractivity contribution in [3.05, 3.63) is 47.1 Å². The zero-order valence-electron chi connectivity index (χ0n) is 15.3. The second-order valence-electron chi connectivity index (χ2n) is 7.00. The van der Waals surface area contributed by atoms with Crippen LogP contribution >= 0.6 is 11.3 Å². The van der Waals surface area contributed by atoms with E-state index in [1.54, 1.807) is 0 Å². The Morgan fingerprint density at radius 2 is 1.93 bits per heavy atom. The van der Waals surface area contributed by atoms with Gasteiger partial charge in [0.2, 0.25) is 0 Å². The van der Waals surface area contributed by atoms with E-state index in [0.717, 1.165) is 55.5 Å². The van der Waals surface area contributed by atoms with Crippen LogP contribution in [0.5, 0.6) is 0 Å². The fourth-order valence-electron chi connectivity index (χ4n) is 3.25. The number of hydrogen-bond acceptors (Lipinski definition) is 7. The molecule has 8 heteroatoms. The fraction of sp³-hybridized carbons (Fsp3) is 0.350. The molecule has 0 atom stereocenters. The third-order valence-electron chi connectivity index (χ3n) is 5.00. The maximum Gasteiger partial charge on any atom is 0.270 e. The number of anilines is 2. The second-order valence-corrected chi connectivity index (χ2v) is 7.91. The molecule has 3 heterocycles.